The molecule has 1 aliphatic rings. The second-order valence-corrected chi connectivity index (χ2v) is 6.93. The van der Waals surface area contributed by atoms with Crippen LogP contribution in [-0.2, 0) is 0 Å². The Bertz CT molecular complexity index is 642. The van der Waals surface area contributed by atoms with E-state index >= 15 is 0 Å². The van der Waals surface area contributed by atoms with E-state index in [1.807, 2.05) is 18.2 Å². The molecule has 1 aliphatic carbocycles. The largest absolute Gasteiger partial charge is 0.380 e. The van der Waals surface area contributed by atoms with Gasteiger partial charge in [0.15, 0.2) is 0 Å². The first-order valence-electron chi connectivity index (χ1n) is 6.70. The van der Waals surface area contributed by atoms with Crippen molar-refractivity contribution in [2.45, 2.75) is 24.8 Å². The quantitative estimate of drug-likeness (QED) is 0.645. The highest BCUT2D eigenvalue weighted by atomic mass is 35.5. The topological polar surface area (TPSA) is 12.0 Å². The van der Waals surface area contributed by atoms with Crippen molar-refractivity contribution < 1.29 is 0 Å². The van der Waals surface area contributed by atoms with Gasteiger partial charge in [0, 0.05) is 16.1 Å². The number of nitrogens with one attached hydrogen (secondary N) is 1. The Balaban J connectivity index is 1.67. The molecule has 0 atom stereocenters. The minimum atomic E-state index is 0.349. The molecule has 2 aromatic carbocycles. The third-order valence-corrected chi connectivity index (χ3v) is 5.00. The Morgan fingerprint density at radius 3 is 2.10 bits per heavy atom. The van der Waals surface area contributed by atoms with Gasteiger partial charge in [-0.3, -0.25) is 0 Å². The van der Waals surface area contributed by atoms with E-state index in [-0.39, 0.29) is 0 Å². The van der Waals surface area contributed by atoms with Crippen LogP contribution in [-0.4, -0.2) is 6.04 Å². The molecule has 0 radical (unpaired) electrons. The van der Waals surface area contributed by atoms with E-state index in [4.69, 9.17) is 46.4 Å². The number of hydrogen-bond donors (Lipinski definition) is 1. The number of benzene rings is 2. The molecule has 1 saturated carbocycles. The molecule has 0 spiro atoms. The standard InChI is InChI=1S/C16H13Cl4N/c17-10-7-14(19)16(15(20)8-10)21-11-5-9(6-11)12-3-1-2-4-13(12)18/h1-4,7-9,11,21H,5-6H2. The fraction of sp³-hybridized carbons (Fsp3) is 0.250. The second kappa shape index (κ2) is 6.26. The summed E-state index contributed by atoms with van der Waals surface area (Å²) in [6, 6.07) is 11.7. The molecule has 0 aromatic heterocycles. The number of rotatable bonds is 3. The summed E-state index contributed by atoms with van der Waals surface area (Å²) in [5.41, 5.74) is 1.97. The van der Waals surface area contributed by atoms with Gasteiger partial charge in [-0.15, -0.1) is 0 Å². The van der Waals surface area contributed by atoms with Crippen LogP contribution < -0.4 is 5.32 Å². The second-order valence-electron chi connectivity index (χ2n) is 5.28. The fourth-order valence-electron chi connectivity index (χ4n) is 2.68. The van der Waals surface area contributed by atoms with Crippen molar-refractivity contribution in [3.63, 3.8) is 0 Å². The predicted molar refractivity (Wildman–Crippen MR) is 92.3 cm³/mol. The van der Waals surface area contributed by atoms with Crippen molar-refractivity contribution in [2.24, 2.45) is 0 Å². The van der Waals surface area contributed by atoms with Crippen molar-refractivity contribution in [2.75, 3.05) is 5.32 Å². The molecule has 0 saturated heterocycles. The molecule has 0 aliphatic heterocycles. The molecule has 1 N–H and O–H groups in total. The summed E-state index contributed by atoms with van der Waals surface area (Å²) in [5.74, 6) is 0.487. The van der Waals surface area contributed by atoms with Crippen LogP contribution in [0.2, 0.25) is 20.1 Å². The van der Waals surface area contributed by atoms with Gasteiger partial charge in [0.2, 0.25) is 0 Å². The molecule has 5 heteroatoms. The first-order chi connectivity index (χ1) is 10.0. The average Bonchev–Trinajstić information content (AvgIpc) is 2.37. The Morgan fingerprint density at radius 1 is 0.857 bits per heavy atom. The maximum absolute atomic E-state index is 6.23. The SMILES string of the molecule is Clc1cc(Cl)c(NC2CC(c3ccccc3Cl)C2)c(Cl)c1. The van der Waals surface area contributed by atoms with E-state index in [0.29, 0.717) is 27.0 Å². The highest BCUT2D eigenvalue weighted by Crippen LogP contribution is 2.43. The number of halogens is 4. The lowest BCUT2D eigenvalue weighted by Gasteiger charge is -2.37. The zero-order valence-electron chi connectivity index (χ0n) is 11.0. The third-order valence-electron chi connectivity index (χ3n) is 3.84. The molecule has 3 rings (SSSR count). The zero-order valence-corrected chi connectivity index (χ0v) is 14.1. The maximum atomic E-state index is 6.23. The van der Waals surface area contributed by atoms with Gasteiger partial charge in [0.1, 0.15) is 0 Å². The highest BCUT2D eigenvalue weighted by Gasteiger charge is 2.32. The summed E-state index contributed by atoms with van der Waals surface area (Å²) < 4.78 is 0. The molecule has 1 fully saturated rings. The molecule has 0 unspecified atom stereocenters. The Kier molecular flexibility index (Phi) is 4.56. The van der Waals surface area contributed by atoms with Crippen molar-refractivity contribution >= 4 is 52.1 Å². The zero-order chi connectivity index (χ0) is 15.0. The summed E-state index contributed by atoms with van der Waals surface area (Å²) >= 11 is 24.5. The first-order valence-corrected chi connectivity index (χ1v) is 8.21. The molecule has 0 amide bonds. The van der Waals surface area contributed by atoms with Crippen LogP contribution in [0.4, 0.5) is 5.69 Å². The summed E-state index contributed by atoms with van der Waals surface area (Å²) in [4.78, 5) is 0. The molecule has 21 heavy (non-hydrogen) atoms. The Hall–Kier alpha value is -0.600. The van der Waals surface area contributed by atoms with Gasteiger partial charge in [-0.2, -0.15) is 0 Å². The molecule has 2 aromatic rings. The van der Waals surface area contributed by atoms with E-state index in [2.05, 4.69) is 11.4 Å². The van der Waals surface area contributed by atoms with Gasteiger partial charge < -0.3 is 5.32 Å². The minimum Gasteiger partial charge on any atom is -0.380 e. The third kappa shape index (κ3) is 3.27. The van der Waals surface area contributed by atoms with E-state index in [0.717, 1.165) is 23.6 Å². The first kappa shape index (κ1) is 15.3. The van der Waals surface area contributed by atoms with Crippen LogP contribution in [0.5, 0.6) is 0 Å². The number of hydrogen-bond acceptors (Lipinski definition) is 1. The van der Waals surface area contributed by atoms with Gasteiger partial charge in [-0.1, -0.05) is 64.6 Å². The van der Waals surface area contributed by atoms with Crippen molar-refractivity contribution in [3.05, 3.63) is 62.1 Å². The molecule has 110 valence electrons. The van der Waals surface area contributed by atoms with Gasteiger partial charge in [0.05, 0.1) is 15.7 Å². The van der Waals surface area contributed by atoms with Gasteiger partial charge >= 0.3 is 0 Å². The maximum Gasteiger partial charge on any atom is 0.0722 e. The highest BCUT2D eigenvalue weighted by molar-refractivity contribution is 6.41. The predicted octanol–water partition coefficient (Wildman–Crippen LogP) is 6.66. The Morgan fingerprint density at radius 2 is 1.48 bits per heavy atom. The van der Waals surface area contributed by atoms with Gasteiger partial charge in [-0.25, -0.2) is 0 Å². The summed E-state index contributed by atoms with van der Waals surface area (Å²) in [5, 5.41) is 5.87. The monoisotopic (exact) mass is 359 g/mol. The van der Waals surface area contributed by atoms with Crippen LogP contribution >= 0.6 is 46.4 Å². The molecular formula is C16H13Cl4N. The smallest absolute Gasteiger partial charge is 0.0722 e. The lowest BCUT2D eigenvalue weighted by Crippen LogP contribution is -2.34. The average molecular weight is 361 g/mol. The van der Waals surface area contributed by atoms with Crippen molar-refractivity contribution in [1.29, 1.82) is 0 Å². The molecular weight excluding hydrogens is 348 g/mol. The van der Waals surface area contributed by atoms with E-state index in [1.165, 1.54) is 5.56 Å². The molecule has 0 heterocycles. The van der Waals surface area contributed by atoms with E-state index < -0.39 is 0 Å². The lowest BCUT2D eigenvalue weighted by atomic mass is 9.76. The summed E-state index contributed by atoms with van der Waals surface area (Å²) in [6.45, 7) is 0. The number of anilines is 1. The minimum absolute atomic E-state index is 0.349. The summed E-state index contributed by atoms with van der Waals surface area (Å²) in [7, 11) is 0. The van der Waals surface area contributed by atoms with Crippen LogP contribution in [0.15, 0.2) is 36.4 Å². The van der Waals surface area contributed by atoms with Crippen LogP contribution in [0.1, 0.15) is 24.3 Å². The lowest BCUT2D eigenvalue weighted by molar-refractivity contribution is 0.374. The van der Waals surface area contributed by atoms with Crippen LogP contribution in [0.3, 0.4) is 0 Å². The van der Waals surface area contributed by atoms with Crippen molar-refractivity contribution in [3.8, 4) is 0 Å². The van der Waals surface area contributed by atoms with E-state index in [9.17, 15) is 0 Å². The molecule has 0 bridgehead atoms. The normalized spacial score (nSPS) is 21.0. The van der Waals surface area contributed by atoms with Crippen LogP contribution in [0, 0.1) is 0 Å². The summed E-state index contributed by atoms with van der Waals surface area (Å²) in [6.07, 6.45) is 2.03. The Labute approximate surface area is 144 Å². The van der Waals surface area contributed by atoms with E-state index in [1.54, 1.807) is 12.1 Å². The van der Waals surface area contributed by atoms with Crippen LogP contribution in [0.25, 0.3) is 0 Å². The van der Waals surface area contributed by atoms with Gasteiger partial charge in [-0.05, 0) is 42.5 Å². The van der Waals surface area contributed by atoms with Crippen molar-refractivity contribution in [1.82, 2.24) is 0 Å². The van der Waals surface area contributed by atoms with Gasteiger partial charge in [0.25, 0.3) is 0 Å². The fourth-order valence-corrected chi connectivity index (χ4v) is 3.90. The molecule has 1 nitrogen and oxygen atoms in total.